The molecule has 0 aromatic heterocycles. The Kier molecular flexibility index (Phi) is 4.15. The third-order valence-electron chi connectivity index (χ3n) is 4.23. The molecule has 23 heavy (non-hydrogen) atoms. The molecule has 1 fully saturated rings. The zero-order valence-electron chi connectivity index (χ0n) is 13.7. The van der Waals surface area contributed by atoms with Crippen LogP contribution in [0.3, 0.4) is 0 Å². The Morgan fingerprint density at radius 1 is 1.26 bits per heavy atom. The van der Waals surface area contributed by atoms with E-state index in [2.05, 4.69) is 0 Å². The van der Waals surface area contributed by atoms with Gasteiger partial charge in [0.1, 0.15) is 6.04 Å². The lowest BCUT2D eigenvalue weighted by atomic mass is 10.1. The predicted octanol–water partition coefficient (Wildman–Crippen LogP) is 2.03. The van der Waals surface area contributed by atoms with Gasteiger partial charge in [-0.25, -0.2) is 0 Å². The second kappa shape index (κ2) is 6.10. The molecule has 2 aliphatic heterocycles. The lowest BCUT2D eigenvalue weighted by Crippen LogP contribution is -2.57. The number of benzene rings is 1. The van der Waals surface area contributed by atoms with E-state index in [4.69, 9.17) is 9.47 Å². The summed E-state index contributed by atoms with van der Waals surface area (Å²) < 4.78 is 10.7. The van der Waals surface area contributed by atoms with Gasteiger partial charge in [-0.3, -0.25) is 9.59 Å². The van der Waals surface area contributed by atoms with Crippen molar-refractivity contribution in [1.29, 1.82) is 0 Å². The Hall–Kier alpha value is -2.24. The highest BCUT2D eigenvalue weighted by Gasteiger charge is 2.35. The molecule has 0 spiro atoms. The van der Waals surface area contributed by atoms with E-state index in [1.165, 1.54) is 0 Å². The molecule has 6 heteroatoms. The van der Waals surface area contributed by atoms with E-state index in [1.807, 2.05) is 32.0 Å². The first-order valence-electron chi connectivity index (χ1n) is 7.98. The molecule has 1 atom stereocenters. The number of hydrogen-bond acceptors (Lipinski definition) is 4. The number of anilines is 1. The van der Waals surface area contributed by atoms with Crippen LogP contribution in [-0.2, 0) is 9.59 Å². The Balaban J connectivity index is 1.75. The zero-order chi connectivity index (χ0) is 16.6. The van der Waals surface area contributed by atoms with Crippen molar-refractivity contribution in [2.75, 3.05) is 24.8 Å². The van der Waals surface area contributed by atoms with E-state index in [0.717, 1.165) is 5.69 Å². The van der Waals surface area contributed by atoms with Crippen molar-refractivity contribution >= 4 is 17.5 Å². The van der Waals surface area contributed by atoms with E-state index in [-0.39, 0.29) is 24.5 Å². The Bertz CT molecular complexity index is 629. The maximum absolute atomic E-state index is 12.7. The molecule has 1 aromatic rings. The number of carbonyl (C=O) groups excluding carboxylic acids is 2. The summed E-state index contributed by atoms with van der Waals surface area (Å²) >= 11 is 0. The summed E-state index contributed by atoms with van der Waals surface area (Å²) in [7, 11) is 0. The molecule has 1 saturated heterocycles. The molecule has 0 aliphatic carbocycles. The van der Waals surface area contributed by atoms with Crippen LogP contribution in [0, 0.1) is 5.92 Å². The second-order valence-electron chi connectivity index (χ2n) is 6.39. The molecule has 2 heterocycles. The van der Waals surface area contributed by atoms with E-state index in [9.17, 15) is 9.59 Å². The molecule has 0 radical (unpaired) electrons. The monoisotopic (exact) mass is 318 g/mol. The van der Waals surface area contributed by atoms with Crippen LogP contribution < -0.4 is 14.4 Å². The topological polar surface area (TPSA) is 59.1 Å². The third-order valence-corrected chi connectivity index (χ3v) is 4.23. The van der Waals surface area contributed by atoms with Crippen LogP contribution >= 0.6 is 0 Å². The molecule has 3 rings (SSSR count). The Labute approximate surface area is 136 Å². The number of rotatable bonds is 3. The maximum Gasteiger partial charge on any atom is 0.249 e. The van der Waals surface area contributed by atoms with Gasteiger partial charge in [0.15, 0.2) is 11.5 Å². The van der Waals surface area contributed by atoms with Gasteiger partial charge in [0.05, 0.1) is 0 Å². The number of fused-ring (bicyclic) bond motifs is 1. The molecule has 0 bridgehead atoms. The number of hydrogen-bond donors (Lipinski definition) is 0. The predicted molar refractivity (Wildman–Crippen MR) is 85.5 cm³/mol. The average Bonchev–Trinajstić information content (AvgIpc) is 2.96. The van der Waals surface area contributed by atoms with Crippen LogP contribution in [0.2, 0.25) is 0 Å². The fourth-order valence-corrected chi connectivity index (χ4v) is 2.99. The maximum atomic E-state index is 12.7. The van der Waals surface area contributed by atoms with Crippen molar-refractivity contribution in [3.63, 3.8) is 0 Å². The van der Waals surface area contributed by atoms with Gasteiger partial charge in [-0.15, -0.1) is 0 Å². The van der Waals surface area contributed by atoms with Gasteiger partial charge in [-0.2, -0.15) is 0 Å². The minimum absolute atomic E-state index is 0.0474. The first kappa shape index (κ1) is 15.6. The van der Waals surface area contributed by atoms with Crippen LogP contribution in [-0.4, -0.2) is 42.6 Å². The molecular weight excluding hydrogens is 296 g/mol. The van der Waals surface area contributed by atoms with Gasteiger partial charge in [-0.1, -0.05) is 13.8 Å². The average molecular weight is 318 g/mol. The lowest BCUT2D eigenvalue weighted by Gasteiger charge is -2.39. The van der Waals surface area contributed by atoms with Gasteiger partial charge >= 0.3 is 0 Å². The largest absolute Gasteiger partial charge is 0.454 e. The molecule has 1 aromatic carbocycles. The Morgan fingerprint density at radius 2 is 2.00 bits per heavy atom. The minimum Gasteiger partial charge on any atom is -0.454 e. The van der Waals surface area contributed by atoms with Crippen molar-refractivity contribution in [1.82, 2.24) is 4.90 Å². The van der Waals surface area contributed by atoms with E-state index in [0.29, 0.717) is 31.0 Å². The number of ether oxygens (including phenoxy) is 2. The van der Waals surface area contributed by atoms with Crippen molar-refractivity contribution < 1.29 is 19.1 Å². The number of amides is 2. The summed E-state index contributed by atoms with van der Waals surface area (Å²) in [5, 5.41) is 0. The summed E-state index contributed by atoms with van der Waals surface area (Å²) in [6.07, 6.45) is 0.474. The van der Waals surface area contributed by atoms with Gasteiger partial charge in [0.25, 0.3) is 0 Å². The summed E-state index contributed by atoms with van der Waals surface area (Å²) in [4.78, 5) is 28.4. The first-order chi connectivity index (χ1) is 11.0. The van der Waals surface area contributed by atoms with Gasteiger partial charge in [-0.05, 0) is 25.0 Å². The van der Waals surface area contributed by atoms with Gasteiger partial charge in [0, 0.05) is 31.3 Å². The summed E-state index contributed by atoms with van der Waals surface area (Å²) in [6, 6.07) is 5.04. The number of nitrogens with zero attached hydrogens (tertiary/aromatic N) is 2. The quantitative estimate of drug-likeness (QED) is 0.855. The number of carbonyl (C=O) groups is 2. The highest BCUT2D eigenvalue weighted by atomic mass is 16.7. The van der Waals surface area contributed by atoms with Crippen LogP contribution in [0.25, 0.3) is 0 Å². The van der Waals surface area contributed by atoms with Crippen molar-refractivity contribution in [3.8, 4) is 11.5 Å². The molecule has 2 amide bonds. The SMILES string of the molecule is CC(C)CC(=O)N1CCN(c2ccc3c(c2)OCO3)C(=O)[C@@H]1C. The van der Waals surface area contributed by atoms with Crippen LogP contribution in [0.4, 0.5) is 5.69 Å². The van der Waals surface area contributed by atoms with Gasteiger partial charge < -0.3 is 19.3 Å². The highest BCUT2D eigenvalue weighted by molar-refractivity contribution is 6.00. The molecule has 0 saturated carbocycles. The fourth-order valence-electron chi connectivity index (χ4n) is 2.99. The van der Waals surface area contributed by atoms with Crippen LogP contribution in [0.1, 0.15) is 27.2 Å². The Morgan fingerprint density at radius 3 is 2.74 bits per heavy atom. The van der Waals surface area contributed by atoms with Gasteiger partial charge in [0.2, 0.25) is 18.6 Å². The molecule has 2 aliphatic rings. The van der Waals surface area contributed by atoms with Crippen molar-refractivity contribution in [2.45, 2.75) is 33.2 Å². The molecule has 124 valence electrons. The smallest absolute Gasteiger partial charge is 0.249 e. The zero-order valence-corrected chi connectivity index (χ0v) is 13.7. The molecule has 0 N–H and O–H groups in total. The first-order valence-corrected chi connectivity index (χ1v) is 7.98. The van der Waals surface area contributed by atoms with E-state index in [1.54, 1.807) is 16.7 Å². The fraction of sp³-hybridized carbons (Fsp3) is 0.529. The summed E-state index contributed by atoms with van der Waals surface area (Å²) in [6.45, 7) is 7.06. The number of piperazine rings is 1. The van der Waals surface area contributed by atoms with Crippen LogP contribution in [0.5, 0.6) is 11.5 Å². The van der Waals surface area contributed by atoms with Crippen LogP contribution in [0.15, 0.2) is 18.2 Å². The molecule has 0 unspecified atom stereocenters. The lowest BCUT2D eigenvalue weighted by molar-refractivity contribution is -0.141. The molecule has 6 nitrogen and oxygen atoms in total. The summed E-state index contributed by atoms with van der Waals surface area (Å²) in [5.41, 5.74) is 0.780. The normalized spacial score (nSPS) is 20.3. The standard InChI is InChI=1S/C17H22N2O4/c1-11(2)8-16(20)18-6-7-19(17(21)12(18)3)13-4-5-14-15(9-13)23-10-22-14/h4-5,9,11-12H,6-8,10H2,1-3H3/t12-/m0/s1. The summed E-state index contributed by atoms with van der Waals surface area (Å²) in [5.74, 6) is 1.62. The second-order valence-corrected chi connectivity index (χ2v) is 6.39. The van der Waals surface area contributed by atoms with E-state index < -0.39 is 6.04 Å². The van der Waals surface area contributed by atoms with E-state index >= 15 is 0 Å². The molecular formula is C17H22N2O4. The van der Waals surface area contributed by atoms with Crippen molar-refractivity contribution in [3.05, 3.63) is 18.2 Å². The van der Waals surface area contributed by atoms with Crippen molar-refractivity contribution in [2.24, 2.45) is 5.92 Å². The third kappa shape index (κ3) is 2.98. The minimum atomic E-state index is -0.444. The highest BCUT2D eigenvalue weighted by Crippen LogP contribution is 2.36.